The van der Waals surface area contributed by atoms with E-state index in [4.69, 9.17) is 16.7 Å². The Morgan fingerprint density at radius 2 is 2.00 bits per heavy atom. The normalized spacial score (nSPS) is 11.5. The zero-order valence-corrected chi connectivity index (χ0v) is 9.60. The van der Waals surface area contributed by atoms with Crippen LogP contribution in [0.25, 0.3) is 0 Å². The zero-order chi connectivity index (χ0) is 13.2. The van der Waals surface area contributed by atoms with Gasteiger partial charge in [-0.05, 0) is 18.2 Å². The molecule has 1 rings (SSSR count). The van der Waals surface area contributed by atoms with Crippen molar-refractivity contribution in [3.63, 3.8) is 0 Å². The lowest BCUT2D eigenvalue weighted by atomic mass is 10.2. The van der Waals surface area contributed by atoms with E-state index in [1.807, 2.05) is 0 Å². The number of rotatable bonds is 4. The van der Waals surface area contributed by atoms with Crippen molar-refractivity contribution in [1.29, 1.82) is 0 Å². The molecule has 0 aromatic heterocycles. The fraction of sp³-hybridized carbons (Fsp3) is 0.125. The highest BCUT2D eigenvalue weighted by Gasteiger charge is 2.25. The van der Waals surface area contributed by atoms with Gasteiger partial charge in [-0.15, -0.1) is 0 Å². The highest BCUT2D eigenvalue weighted by molar-refractivity contribution is 7.93. The van der Waals surface area contributed by atoms with Crippen LogP contribution >= 0.6 is 11.6 Å². The van der Waals surface area contributed by atoms with Gasteiger partial charge in [0.05, 0.1) is 11.3 Å². The molecular weight excluding hydrogens is 280 g/mol. The number of hydrogen-bond donors (Lipinski definition) is 2. The molecule has 0 aliphatic rings. The van der Waals surface area contributed by atoms with Crippen molar-refractivity contribution in [2.75, 3.05) is 4.72 Å². The van der Waals surface area contributed by atoms with Crippen LogP contribution in [0.5, 0.6) is 0 Å². The molecule has 0 spiro atoms. The fourth-order valence-corrected chi connectivity index (χ4v) is 1.73. The standard InChI is InChI=1S/C8H6ClF2NO4S/c9-4-1-2-6(5(3-4)7(13)14)12-17(15,16)8(10)11/h1-3,8,12H,(H,13,14). The number of halogens is 3. The maximum atomic E-state index is 12.1. The number of aromatic carboxylic acids is 1. The number of carboxylic acids is 1. The first-order valence-electron chi connectivity index (χ1n) is 4.06. The van der Waals surface area contributed by atoms with E-state index in [-0.39, 0.29) is 5.02 Å². The summed E-state index contributed by atoms with van der Waals surface area (Å²) in [7, 11) is -4.91. The minimum Gasteiger partial charge on any atom is -0.478 e. The molecule has 0 atom stereocenters. The number of anilines is 1. The van der Waals surface area contributed by atoms with Crippen LogP contribution in [0.3, 0.4) is 0 Å². The molecular formula is C8H6ClF2NO4S. The molecule has 0 heterocycles. The third-order valence-corrected chi connectivity index (χ3v) is 2.91. The predicted molar refractivity (Wildman–Crippen MR) is 57.0 cm³/mol. The zero-order valence-electron chi connectivity index (χ0n) is 8.02. The van der Waals surface area contributed by atoms with Crippen LogP contribution in [0.15, 0.2) is 18.2 Å². The summed E-state index contributed by atoms with van der Waals surface area (Å²) in [5, 5.41) is 8.79. The van der Waals surface area contributed by atoms with Gasteiger partial charge in [0, 0.05) is 5.02 Å². The second-order valence-corrected chi connectivity index (χ2v) is 4.99. The third kappa shape index (κ3) is 3.27. The van der Waals surface area contributed by atoms with Gasteiger partial charge < -0.3 is 5.11 Å². The van der Waals surface area contributed by atoms with Crippen LogP contribution in [-0.2, 0) is 10.0 Å². The summed E-state index contributed by atoms with van der Waals surface area (Å²) in [6.07, 6.45) is 0. The maximum absolute atomic E-state index is 12.1. The van der Waals surface area contributed by atoms with Crippen molar-refractivity contribution in [2.24, 2.45) is 0 Å². The Balaban J connectivity index is 3.20. The highest BCUT2D eigenvalue weighted by Crippen LogP contribution is 2.23. The first-order chi connectivity index (χ1) is 7.74. The van der Waals surface area contributed by atoms with E-state index in [9.17, 15) is 22.0 Å². The molecule has 1 aromatic rings. The summed E-state index contributed by atoms with van der Waals surface area (Å²) < 4.78 is 47.4. The largest absolute Gasteiger partial charge is 0.478 e. The molecule has 9 heteroatoms. The smallest absolute Gasteiger partial charge is 0.355 e. The Hall–Kier alpha value is -1.41. The third-order valence-electron chi connectivity index (χ3n) is 1.70. The molecule has 2 N–H and O–H groups in total. The van der Waals surface area contributed by atoms with Crippen LogP contribution in [0.2, 0.25) is 5.02 Å². The van der Waals surface area contributed by atoms with Crippen LogP contribution in [0, 0.1) is 0 Å². The summed E-state index contributed by atoms with van der Waals surface area (Å²) in [5.41, 5.74) is -0.982. The Morgan fingerprint density at radius 1 is 1.41 bits per heavy atom. The van der Waals surface area contributed by atoms with Crippen molar-refractivity contribution in [3.8, 4) is 0 Å². The van der Waals surface area contributed by atoms with Crippen molar-refractivity contribution in [2.45, 2.75) is 5.76 Å². The lowest BCUT2D eigenvalue weighted by molar-refractivity contribution is 0.0698. The minimum atomic E-state index is -4.91. The quantitative estimate of drug-likeness (QED) is 0.886. The molecule has 1 aromatic carbocycles. The van der Waals surface area contributed by atoms with Gasteiger partial charge in [-0.3, -0.25) is 4.72 Å². The molecule has 0 aliphatic heterocycles. The summed E-state index contributed by atoms with van der Waals surface area (Å²) in [5.74, 6) is -5.14. The van der Waals surface area contributed by atoms with E-state index in [0.29, 0.717) is 0 Å². The van der Waals surface area contributed by atoms with Crippen molar-refractivity contribution >= 4 is 33.3 Å². The second kappa shape index (κ2) is 4.84. The van der Waals surface area contributed by atoms with Gasteiger partial charge in [0.15, 0.2) is 0 Å². The topological polar surface area (TPSA) is 83.5 Å². The minimum absolute atomic E-state index is 0.0439. The highest BCUT2D eigenvalue weighted by atomic mass is 35.5. The molecule has 94 valence electrons. The Bertz CT molecular complexity index is 546. The van der Waals surface area contributed by atoms with E-state index in [1.165, 1.54) is 10.8 Å². The number of alkyl halides is 2. The van der Waals surface area contributed by atoms with Gasteiger partial charge in [-0.1, -0.05) is 11.6 Å². The first-order valence-corrected chi connectivity index (χ1v) is 5.99. The monoisotopic (exact) mass is 285 g/mol. The molecule has 0 aliphatic carbocycles. The number of benzene rings is 1. The maximum Gasteiger partial charge on any atom is 0.355 e. The van der Waals surface area contributed by atoms with Gasteiger partial charge in [0.1, 0.15) is 0 Å². The summed E-state index contributed by atoms with van der Waals surface area (Å²) in [6.45, 7) is 0. The van der Waals surface area contributed by atoms with Crippen molar-refractivity contribution in [1.82, 2.24) is 0 Å². The average Bonchev–Trinajstić information content (AvgIpc) is 2.19. The summed E-state index contributed by atoms with van der Waals surface area (Å²) in [4.78, 5) is 10.7. The van der Waals surface area contributed by atoms with Crippen LogP contribution in [0.1, 0.15) is 10.4 Å². The van der Waals surface area contributed by atoms with Crippen molar-refractivity contribution in [3.05, 3.63) is 28.8 Å². The van der Waals surface area contributed by atoms with Crippen LogP contribution in [-0.4, -0.2) is 25.3 Å². The predicted octanol–water partition coefficient (Wildman–Crippen LogP) is 2.00. The SMILES string of the molecule is O=C(O)c1cc(Cl)ccc1NS(=O)(=O)C(F)F. The van der Waals surface area contributed by atoms with Crippen LogP contribution in [0.4, 0.5) is 14.5 Å². The Kier molecular flexibility index (Phi) is 3.89. The number of nitrogens with one attached hydrogen (secondary N) is 1. The average molecular weight is 286 g/mol. The lowest BCUT2D eigenvalue weighted by Crippen LogP contribution is -2.22. The molecule has 5 nitrogen and oxygen atoms in total. The van der Waals surface area contributed by atoms with Crippen molar-refractivity contribution < 1.29 is 27.1 Å². The van der Waals surface area contributed by atoms with Gasteiger partial charge in [0.2, 0.25) is 0 Å². The fourth-order valence-electron chi connectivity index (χ4n) is 0.980. The molecule has 0 saturated heterocycles. The van der Waals surface area contributed by atoms with Gasteiger partial charge >= 0.3 is 11.7 Å². The van der Waals surface area contributed by atoms with Gasteiger partial charge in [-0.2, -0.15) is 8.78 Å². The van der Waals surface area contributed by atoms with Gasteiger partial charge in [-0.25, -0.2) is 13.2 Å². The number of sulfonamides is 1. The first kappa shape index (κ1) is 13.7. The Labute approximate surface area is 100 Å². The number of carboxylic acid groups (broad SMARTS) is 1. The molecule has 0 saturated carbocycles. The van der Waals surface area contributed by atoms with E-state index >= 15 is 0 Å². The molecule has 0 unspecified atom stereocenters. The number of carbonyl (C=O) groups is 1. The van der Waals surface area contributed by atoms with E-state index in [2.05, 4.69) is 0 Å². The van der Waals surface area contributed by atoms with Crippen LogP contribution < -0.4 is 4.72 Å². The molecule has 0 bridgehead atoms. The summed E-state index contributed by atoms with van der Waals surface area (Å²) >= 11 is 5.51. The van der Waals surface area contributed by atoms with E-state index in [1.54, 1.807) is 0 Å². The lowest BCUT2D eigenvalue weighted by Gasteiger charge is -2.09. The summed E-state index contributed by atoms with van der Waals surface area (Å²) in [6, 6.07) is 3.12. The molecule has 17 heavy (non-hydrogen) atoms. The Morgan fingerprint density at radius 3 is 2.47 bits per heavy atom. The molecule has 0 radical (unpaired) electrons. The van der Waals surface area contributed by atoms with E-state index < -0.39 is 33.0 Å². The van der Waals surface area contributed by atoms with E-state index in [0.717, 1.165) is 12.1 Å². The van der Waals surface area contributed by atoms with Gasteiger partial charge in [0.25, 0.3) is 10.0 Å². The molecule has 0 amide bonds. The molecule has 0 fully saturated rings. The number of hydrogen-bond acceptors (Lipinski definition) is 3. The second-order valence-electron chi connectivity index (χ2n) is 2.90.